The van der Waals surface area contributed by atoms with Crippen molar-refractivity contribution in [2.24, 2.45) is 5.16 Å². The molecule has 4 nitrogen and oxygen atoms in total. The summed E-state index contributed by atoms with van der Waals surface area (Å²) in [4.78, 5) is 11.6. The predicted octanol–water partition coefficient (Wildman–Crippen LogP) is 3.30. The number of aromatic nitrogens is 1. The number of nitrogens with zero attached hydrogens (tertiary/aromatic N) is 2. The Bertz CT molecular complexity index is 680. The van der Waals surface area contributed by atoms with Gasteiger partial charge < -0.3 is 9.82 Å². The molecule has 4 heteroatoms. The molecule has 0 atom stereocenters. The first-order chi connectivity index (χ1) is 10.2. The summed E-state index contributed by atoms with van der Waals surface area (Å²) in [7, 11) is 0. The fourth-order valence-corrected chi connectivity index (χ4v) is 3.60. The number of rotatable bonds is 2. The van der Waals surface area contributed by atoms with Crippen molar-refractivity contribution in [3.05, 3.63) is 36.0 Å². The zero-order valence-electron chi connectivity index (χ0n) is 12.4. The third-order valence-corrected chi connectivity index (χ3v) is 4.81. The van der Waals surface area contributed by atoms with E-state index in [9.17, 15) is 0 Å². The molecular formula is C17H21N3O. The molecule has 2 aromatic rings. The van der Waals surface area contributed by atoms with Crippen molar-refractivity contribution < 1.29 is 4.84 Å². The molecule has 1 saturated heterocycles. The van der Waals surface area contributed by atoms with Crippen LogP contribution in [0.3, 0.4) is 0 Å². The molecule has 1 aromatic carbocycles. The molecule has 0 unspecified atom stereocenters. The quantitative estimate of drug-likeness (QED) is 0.918. The first-order valence-electron chi connectivity index (χ1n) is 7.73. The van der Waals surface area contributed by atoms with Crippen LogP contribution in [0.1, 0.15) is 31.7 Å². The number of likely N-dealkylation sites (tertiary alicyclic amines) is 1. The molecule has 0 aliphatic carbocycles. The van der Waals surface area contributed by atoms with Gasteiger partial charge in [0.05, 0.1) is 5.71 Å². The molecule has 2 aliphatic heterocycles. The van der Waals surface area contributed by atoms with Gasteiger partial charge in [-0.2, -0.15) is 0 Å². The van der Waals surface area contributed by atoms with Crippen LogP contribution in [0, 0.1) is 0 Å². The topological polar surface area (TPSA) is 40.6 Å². The third-order valence-electron chi connectivity index (χ3n) is 4.81. The maximum absolute atomic E-state index is 5.70. The molecule has 4 rings (SSSR count). The van der Waals surface area contributed by atoms with E-state index in [4.69, 9.17) is 4.84 Å². The van der Waals surface area contributed by atoms with Crippen LogP contribution < -0.4 is 0 Å². The Labute approximate surface area is 124 Å². The van der Waals surface area contributed by atoms with Gasteiger partial charge in [-0.15, -0.1) is 0 Å². The summed E-state index contributed by atoms with van der Waals surface area (Å²) < 4.78 is 0. The van der Waals surface area contributed by atoms with Gasteiger partial charge in [0.15, 0.2) is 0 Å². The second kappa shape index (κ2) is 4.88. The van der Waals surface area contributed by atoms with E-state index in [1.165, 1.54) is 16.5 Å². The Balaban J connectivity index is 1.43. The van der Waals surface area contributed by atoms with Gasteiger partial charge in [-0.05, 0) is 18.6 Å². The molecule has 1 aromatic heterocycles. The third kappa shape index (κ3) is 2.33. The number of H-pyrrole nitrogens is 1. The van der Waals surface area contributed by atoms with Crippen molar-refractivity contribution >= 4 is 16.6 Å². The van der Waals surface area contributed by atoms with Gasteiger partial charge in [0.1, 0.15) is 5.60 Å². The lowest BCUT2D eigenvalue weighted by atomic mass is 9.87. The Morgan fingerprint density at radius 3 is 2.86 bits per heavy atom. The minimum Gasteiger partial charge on any atom is -0.389 e. The van der Waals surface area contributed by atoms with Crippen molar-refractivity contribution in [2.75, 3.05) is 13.1 Å². The Hall–Kier alpha value is -1.81. The zero-order valence-corrected chi connectivity index (χ0v) is 12.4. The summed E-state index contributed by atoms with van der Waals surface area (Å²) >= 11 is 0. The van der Waals surface area contributed by atoms with E-state index in [1.54, 1.807) is 0 Å². The minimum absolute atomic E-state index is 0.000791. The molecule has 1 N–H and O–H groups in total. The van der Waals surface area contributed by atoms with Crippen molar-refractivity contribution in [2.45, 2.75) is 38.3 Å². The normalized spacial score (nSPS) is 21.7. The van der Waals surface area contributed by atoms with Gasteiger partial charge in [-0.25, -0.2) is 0 Å². The number of hydrogen-bond acceptors (Lipinski definition) is 3. The number of benzene rings is 1. The molecule has 0 radical (unpaired) electrons. The van der Waals surface area contributed by atoms with Gasteiger partial charge in [0.2, 0.25) is 0 Å². The standard InChI is InChI=1S/C17H21N3O/c1-13-10-17(21-19-13)6-8-20(9-7-17)12-14-11-18-16-5-3-2-4-15(14)16/h2-5,11,18H,6-10,12H2,1H3. The summed E-state index contributed by atoms with van der Waals surface area (Å²) in [5.74, 6) is 0. The van der Waals surface area contributed by atoms with Crippen molar-refractivity contribution in [1.29, 1.82) is 0 Å². The zero-order chi connectivity index (χ0) is 14.3. The molecule has 0 saturated carbocycles. The second-order valence-corrected chi connectivity index (χ2v) is 6.41. The Morgan fingerprint density at radius 2 is 2.10 bits per heavy atom. The van der Waals surface area contributed by atoms with Crippen LogP contribution in [0.2, 0.25) is 0 Å². The monoisotopic (exact) mass is 283 g/mol. The minimum atomic E-state index is 0.000791. The van der Waals surface area contributed by atoms with E-state index in [0.29, 0.717) is 0 Å². The first kappa shape index (κ1) is 12.9. The molecule has 21 heavy (non-hydrogen) atoms. The number of hydrogen-bond donors (Lipinski definition) is 1. The predicted molar refractivity (Wildman–Crippen MR) is 84.4 cm³/mol. The number of nitrogens with one attached hydrogen (secondary N) is 1. The molecule has 0 amide bonds. The molecule has 1 fully saturated rings. The molecule has 0 bridgehead atoms. The average Bonchev–Trinajstić information content (AvgIpc) is 3.07. The van der Waals surface area contributed by atoms with Gasteiger partial charge in [0.25, 0.3) is 0 Å². The van der Waals surface area contributed by atoms with Crippen LogP contribution in [-0.4, -0.2) is 34.3 Å². The average molecular weight is 283 g/mol. The highest BCUT2D eigenvalue weighted by molar-refractivity contribution is 5.83. The van der Waals surface area contributed by atoms with Gasteiger partial charge in [0, 0.05) is 56.0 Å². The Kier molecular flexibility index (Phi) is 3.00. The van der Waals surface area contributed by atoms with Crippen molar-refractivity contribution in [1.82, 2.24) is 9.88 Å². The summed E-state index contributed by atoms with van der Waals surface area (Å²) in [5.41, 5.74) is 3.76. The van der Waals surface area contributed by atoms with Crippen molar-refractivity contribution in [3.8, 4) is 0 Å². The smallest absolute Gasteiger partial charge is 0.145 e. The first-order valence-corrected chi connectivity index (χ1v) is 7.73. The lowest BCUT2D eigenvalue weighted by Gasteiger charge is -2.37. The Morgan fingerprint density at radius 1 is 1.29 bits per heavy atom. The summed E-state index contributed by atoms with van der Waals surface area (Å²) in [5, 5.41) is 5.49. The molecule has 110 valence electrons. The molecule has 1 spiro atoms. The van der Waals surface area contributed by atoms with Gasteiger partial charge in [-0.3, -0.25) is 4.90 Å². The summed E-state index contributed by atoms with van der Waals surface area (Å²) in [6.45, 7) is 5.25. The van der Waals surface area contributed by atoms with Crippen LogP contribution in [-0.2, 0) is 11.4 Å². The number of piperidine rings is 1. The number of fused-ring (bicyclic) bond motifs is 1. The lowest BCUT2D eigenvalue weighted by molar-refractivity contribution is -0.0626. The van der Waals surface area contributed by atoms with E-state index >= 15 is 0 Å². The van der Waals surface area contributed by atoms with Gasteiger partial charge in [-0.1, -0.05) is 23.4 Å². The highest BCUT2D eigenvalue weighted by Gasteiger charge is 2.40. The maximum Gasteiger partial charge on any atom is 0.145 e. The molecule has 2 aliphatic rings. The fourth-order valence-electron chi connectivity index (χ4n) is 3.60. The lowest BCUT2D eigenvalue weighted by Crippen LogP contribution is -2.44. The summed E-state index contributed by atoms with van der Waals surface area (Å²) in [6.07, 6.45) is 5.31. The number of aromatic amines is 1. The van der Waals surface area contributed by atoms with Gasteiger partial charge >= 0.3 is 0 Å². The SMILES string of the molecule is CC1=NOC2(CCN(Cc3c[nH]c4ccccc34)CC2)C1. The van der Waals surface area contributed by atoms with Crippen LogP contribution in [0.15, 0.2) is 35.6 Å². The van der Waals surface area contributed by atoms with Crippen LogP contribution in [0.25, 0.3) is 10.9 Å². The highest BCUT2D eigenvalue weighted by atomic mass is 16.7. The van der Waals surface area contributed by atoms with Crippen molar-refractivity contribution in [3.63, 3.8) is 0 Å². The second-order valence-electron chi connectivity index (χ2n) is 6.41. The fraction of sp³-hybridized carbons (Fsp3) is 0.471. The number of oxime groups is 1. The van der Waals surface area contributed by atoms with E-state index in [-0.39, 0.29) is 5.60 Å². The molecular weight excluding hydrogens is 262 g/mol. The highest BCUT2D eigenvalue weighted by Crippen LogP contribution is 2.35. The van der Waals surface area contributed by atoms with Crippen LogP contribution in [0.5, 0.6) is 0 Å². The van der Waals surface area contributed by atoms with E-state index in [2.05, 4.69) is 52.4 Å². The largest absolute Gasteiger partial charge is 0.389 e. The van der Waals surface area contributed by atoms with E-state index in [1.807, 2.05) is 0 Å². The van der Waals surface area contributed by atoms with Crippen LogP contribution in [0.4, 0.5) is 0 Å². The molecule has 3 heterocycles. The summed E-state index contributed by atoms with van der Waals surface area (Å²) in [6, 6.07) is 8.52. The maximum atomic E-state index is 5.70. The van der Waals surface area contributed by atoms with E-state index in [0.717, 1.165) is 44.6 Å². The van der Waals surface area contributed by atoms with Crippen LogP contribution >= 0.6 is 0 Å². The number of para-hydroxylation sites is 1. The van der Waals surface area contributed by atoms with E-state index < -0.39 is 0 Å².